The predicted molar refractivity (Wildman–Crippen MR) is 84.5 cm³/mol. The van der Waals surface area contributed by atoms with Gasteiger partial charge >= 0.3 is 0 Å². The molecule has 0 radical (unpaired) electrons. The number of H-pyrrole nitrogens is 1. The normalized spacial score (nSPS) is 10.9. The molecular formula is C15H17BrN2O3. The van der Waals surface area contributed by atoms with Gasteiger partial charge in [-0.05, 0) is 41.9 Å². The molecule has 0 bridgehead atoms. The highest BCUT2D eigenvalue weighted by molar-refractivity contribution is 9.10. The van der Waals surface area contributed by atoms with E-state index in [2.05, 4.69) is 25.9 Å². The molecule has 0 aliphatic rings. The molecule has 1 aromatic carbocycles. The Morgan fingerprint density at radius 1 is 1.38 bits per heavy atom. The van der Waals surface area contributed by atoms with Gasteiger partial charge in [-0.1, -0.05) is 12.1 Å². The molecule has 21 heavy (non-hydrogen) atoms. The van der Waals surface area contributed by atoms with E-state index in [1.165, 1.54) is 0 Å². The molecule has 2 rings (SSSR count). The molecule has 0 saturated carbocycles. The summed E-state index contributed by atoms with van der Waals surface area (Å²) in [6.45, 7) is 4.19. The topological polar surface area (TPSA) is 64.2 Å². The van der Waals surface area contributed by atoms with Gasteiger partial charge in [0.05, 0.1) is 18.4 Å². The summed E-state index contributed by atoms with van der Waals surface area (Å²) in [4.78, 5) is 19.1. The van der Waals surface area contributed by atoms with Gasteiger partial charge in [-0.3, -0.25) is 4.79 Å². The van der Waals surface area contributed by atoms with Crippen molar-refractivity contribution in [3.8, 4) is 17.1 Å². The van der Waals surface area contributed by atoms with E-state index in [9.17, 15) is 4.79 Å². The number of hydrogen-bond acceptors (Lipinski definition) is 4. The van der Waals surface area contributed by atoms with Crippen molar-refractivity contribution in [3.63, 3.8) is 0 Å². The number of nitrogens with one attached hydrogen (secondary N) is 1. The number of ether oxygens (including phenoxy) is 2. The summed E-state index contributed by atoms with van der Waals surface area (Å²) < 4.78 is 11.1. The molecule has 0 saturated heterocycles. The summed E-state index contributed by atoms with van der Waals surface area (Å²) in [5.41, 5.74) is 1.11. The minimum Gasteiger partial charge on any atom is -0.491 e. The molecule has 0 atom stereocenters. The molecule has 0 unspecified atom stereocenters. The quantitative estimate of drug-likeness (QED) is 0.897. The zero-order valence-electron chi connectivity index (χ0n) is 12.1. The summed E-state index contributed by atoms with van der Waals surface area (Å²) in [6.07, 6.45) is 0.0845. The van der Waals surface area contributed by atoms with Crippen molar-refractivity contribution in [2.45, 2.75) is 26.6 Å². The Labute approximate surface area is 131 Å². The van der Waals surface area contributed by atoms with Crippen molar-refractivity contribution in [3.05, 3.63) is 44.8 Å². The molecule has 2 aromatic rings. The molecule has 1 heterocycles. The van der Waals surface area contributed by atoms with Crippen molar-refractivity contribution in [1.82, 2.24) is 9.97 Å². The largest absolute Gasteiger partial charge is 0.491 e. The zero-order chi connectivity index (χ0) is 15.4. The van der Waals surface area contributed by atoms with Crippen molar-refractivity contribution in [2.24, 2.45) is 0 Å². The van der Waals surface area contributed by atoms with Gasteiger partial charge in [0.1, 0.15) is 16.0 Å². The number of aromatic nitrogens is 2. The second-order valence-corrected chi connectivity index (χ2v) is 5.60. The lowest BCUT2D eigenvalue weighted by atomic mass is 10.2. The van der Waals surface area contributed by atoms with Crippen LogP contribution in [0, 0.1) is 0 Å². The van der Waals surface area contributed by atoms with Crippen LogP contribution in [0.5, 0.6) is 5.75 Å². The van der Waals surface area contributed by atoms with E-state index in [-0.39, 0.29) is 18.3 Å². The Morgan fingerprint density at radius 2 is 2.14 bits per heavy atom. The maximum Gasteiger partial charge on any atom is 0.265 e. The highest BCUT2D eigenvalue weighted by Gasteiger charge is 2.11. The molecular weight excluding hydrogens is 336 g/mol. The Morgan fingerprint density at radius 3 is 2.81 bits per heavy atom. The van der Waals surface area contributed by atoms with E-state index in [4.69, 9.17) is 9.47 Å². The summed E-state index contributed by atoms with van der Waals surface area (Å²) in [7, 11) is 1.56. The lowest BCUT2D eigenvalue weighted by Gasteiger charge is -2.11. The molecule has 0 fully saturated rings. The van der Waals surface area contributed by atoms with Crippen molar-refractivity contribution in [2.75, 3.05) is 7.11 Å². The highest BCUT2D eigenvalue weighted by Crippen LogP contribution is 2.22. The Balaban J connectivity index is 2.44. The van der Waals surface area contributed by atoms with E-state index < -0.39 is 0 Å². The average Bonchev–Trinajstić information content (AvgIpc) is 2.43. The molecule has 0 amide bonds. The van der Waals surface area contributed by atoms with Gasteiger partial charge in [0.2, 0.25) is 0 Å². The second kappa shape index (κ2) is 6.87. The average molecular weight is 353 g/mol. The Kier molecular flexibility index (Phi) is 5.14. The lowest BCUT2D eigenvalue weighted by Crippen LogP contribution is -2.14. The molecule has 0 spiro atoms. The Hall–Kier alpha value is -1.66. The standard InChI is InChI=1S/C15H17BrN2O3/c1-9(2)21-11-6-4-5-10(7-11)14-17-12(8-20-3)13(16)15(19)18-14/h4-7,9H,8H2,1-3H3,(H,17,18,19). The zero-order valence-corrected chi connectivity index (χ0v) is 13.7. The number of methoxy groups -OCH3 is 1. The monoisotopic (exact) mass is 352 g/mol. The first-order valence-electron chi connectivity index (χ1n) is 6.56. The first kappa shape index (κ1) is 15.7. The molecule has 6 heteroatoms. The van der Waals surface area contributed by atoms with Crippen LogP contribution in [0.4, 0.5) is 0 Å². The van der Waals surface area contributed by atoms with Crippen LogP contribution >= 0.6 is 15.9 Å². The summed E-state index contributed by atoms with van der Waals surface area (Å²) >= 11 is 3.22. The van der Waals surface area contributed by atoms with Crippen LogP contribution in [0.1, 0.15) is 19.5 Å². The molecule has 0 aliphatic heterocycles. The van der Waals surface area contributed by atoms with Gasteiger partial charge < -0.3 is 14.5 Å². The molecule has 0 aliphatic carbocycles. The molecule has 5 nitrogen and oxygen atoms in total. The van der Waals surface area contributed by atoms with Gasteiger partial charge in [-0.25, -0.2) is 4.98 Å². The summed E-state index contributed by atoms with van der Waals surface area (Å²) in [5, 5.41) is 0. The van der Waals surface area contributed by atoms with Crippen LogP contribution in [-0.4, -0.2) is 23.2 Å². The fraction of sp³-hybridized carbons (Fsp3) is 0.333. The number of rotatable bonds is 5. The van der Waals surface area contributed by atoms with E-state index in [0.29, 0.717) is 16.0 Å². The molecule has 1 aromatic heterocycles. The van der Waals surface area contributed by atoms with Crippen LogP contribution in [0.15, 0.2) is 33.5 Å². The van der Waals surface area contributed by atoms with E-state index in [1.54, 1.807) is 7.11 Å². The van der Waals surface area contributed by atoms with Crippen LogP contribution in [0.2, 0.25) is 0 Å². The summed E-state index contributed by atoms with van der Waals surface area (Å²) in [6, 6.07) is 7.46. The Bertz CT molecular complexity index is 683. The third-order valence-electron chi connectivity index (χ3n) is 2.69. The molecule has 1 N–H and O–H groups in total. The lowest BCUT2D eigenvalue weighted by molar-refractivity contribution is 0.180. The minimum atomic E-state index is -0.234. The minimum absolute atomic E-state index is 0.0845. The van der Waals surface area contributed by atoms with Crippen LogP contribution in [0.3, 0.4) is 0 Å². The number of benzene rings is 1. The van der Waals surface area contributed by atoms with Crippen LogP contribution in [0.25, 0.3) is 11.4 Å². The maximum absolute atomic E-state index is 11.9. The number of aromatic amines is 1. The maximum atomic E-state index is 11.9. The third-order valence-corrected chi connectivity index (χ3v) is 3.51. The van der Waals surface area contributed by atoms with Crippen molar-refractivity contribution >= 4 is 15.9 Å². The highest BCUT2D eigenvalue weighted by atomic mass is 79.9. The molecule has 112 valence electrons. The first-order chi connectivity index (χ1) is 10.0. The number of halogens is 1. The SMILES string of the molecule is COCc1nc(-c2cccc(OC(C)C)c2)[nH]c(=O)c1Br. The van der Waals surface area contributed by atoms with E-state index in [1.807, 2.05) is 38.1 Å². The fourth-order valence-corrected chi connectivity index (χ4v) is 2.17. The second-order valence-electron chi connectivity index (χ2n) is 4.80. The number of hydrogen-bond donors (Lipinski definition) is 1. The van der Waals surface area contributed by atoms with Gasteiger partial charge in [0.15, 0.2) is 0 Å². The van der Waals surface area contributed by atoms with Crippen LogP contribution in [-0.2, 0) is 11.3 Å². The van der Waals surface area contributed by atoms with E-state index in [0.717, 1.165) is 11.3 Å². The fourth-order valence-electron chi connectivity index (χ4n) is 1.86. The summed E-state index contributed by atoms with van der Waals surface area (Å²) in [5.74, 6) is 1.23. The van der Waals surface area contributed by atoms with Gasteiger partial charge in [0, 0.05) is 12.7 Å². The van der Waals surface area contributed by atoms with Crippen molar-refractivity contribution < 1.29 is 9.47 Å². The first-order valence-corrected chi connectivity index (χ1v) is 7.35. The van der Waals surface area contributed by atoms with Gasteiger partial charge in [-0.15, -0.1) is 0 Å². The number of nitrogens with zero attached hydrogens (tertiary/aromatic N) is 1. The van der Waals surface area contributed by atoms with E-state index >= 15 is 0 Å². The van der Waals surface area contributed by atoms with Gasteiger partial charge in [-0.2, -0.15) is 0 Å². The van der Waals surface area contributed by atoms with Crippen LogP contribution < -0.4 is 10.3 Å². The predicted octanol–water partition coefficient (Wildman–Crippen LogP) is 3.13. The third kappa shape index (κ3) is 3.92. The van der Waals surface area contributed by atoms with Crippen molar-refractivity contribution in [1.29, 1.82) is 0 Å². The smallest absolute Gasteiger partial charge is 0.265 e. The van der Waals surface area contributed by atoms with Gasteiger partial charge in [0.25, 0.3) is 5.56 Å².